The van der Waals surface area contributed by atoms with Gasteiger partial charge in [0.1, 0.15) is 0 Å². The Bertz CT molecular complexity index is 5840. The molecule has 4 heteroatoms. The van der Waals surface area contributed by atoms with Crippen LogP contribution in [-0.4, -0.2) is 11.3 Å². The molecule has 3 heterocycles. The fourth-order valence-electron chi connectivity index (χ4n) is 16.6. The van der Waals surface area contributed by atoms with Crippen molar-refractivity contribution in [1.82, 2.24) is 4.57 Å². The summed E-state index contributed by atoms with van der Waals surface area (Å²) in [6.07, 6.45) is 0. The highest BCUT2D eigenvalue weighted by Crippen LogP contribution is 2.53. The standard InChI is InChI=1S/C98H80BN3/c1-96(2,3)71-47-52-87(81(58-71)65-34-18-12-19-35-65)101-89-57-67(93-77-40-22-24-42-79(77)94(80-43-25-23-41-78(80)93)70-55-68(63-30-14-10-15-31-63)54-69(56-70)64-32-16-11-17-33-64)46-50-83(89)99-84-51-49-74(100-85-44-28-26-38-75(85)76-39-27-29-45-86(76)100)62-90(84)102(92-61-73(98(7,8)9)60-91(101)95(92)99)88-53-48-72(97(4,5)6)59-82(88)66-36-20-13-21-37-66/h10-62H,1-9H3. The molecule has 0 saturated heterocycles. The first-order chi connectivity index (χ1) is 49.5. The van der Waals surface area contributed by atoms with Gasteiger partial charge < -0.3 is 14.4 Å². The van der Waals surface area contributed by atoms with E-state index in [0.29, 0.717) is 0 Å². The van der Waals surface area contributed by atoms with Crippen LogP contribution in [0.15, 0.2) is 322 Å². The molecule has 0 fully saturated rings. The van der Waals surface area contributed by atoms with Crippen molar-refractivity contribution in [3.05, 3.63) is 338 Å². The van der Waals surface area contributed by atoms with E-state index < -0.39 is 0 Å². The molecule has 3 nitrogen and oxygen atoms in total. The fourth-order valence-corrected chi connectivity index (χ4v) is 16.6. The zero-order chi connectivity index (χ0) is 69.3. The van der Waals surface area contributed by atoms with Gasteiger partial charge in [-0.3, -0.25) is 0 Å². The third-order valence-electron chi connectivity index (χ3n) is 21.8. The number of benzene rings is 15. The minimum absolute atomic E-state index is 0.105. The quantitative estimate of drug-likeness (QED) is 0.105. The Morgan fingerprint density at radius 2 is 0.598 bits per heavy atom. The van der Waals surface area contributed by atoms with Gasteiger partial charge in [-0.25, -0.2) is 0 Å². The molecule has 2 aliphatic heterocycles. The van der Waals surface area contributed by atoms with E-state index >= 15 is 0 Å². The van der Waals surface area contributed by atoms with Gasteiger partial charge in [-0.1, -0.05) is 299 Å². The molecule has 0 saturated carbocycles. The van der Waals surface area contributed by atoms with Crippen LogP contribution in [0.3, 0.4) is 0 Å². The lowest BCUT2D eigenvalue weighted by Crippen LogP contribution is -2.61. The number of anilines is 6. The topological polar surface area (TPSA) is 11.4 Å². The second kappa shape index (κ2) is 24.0. The van der Waals surface area contributed by atoms with E-state index in [0.717, 1.165) is 34.0 Å². The van der Waals surface area contributed by atoms with E-state index in [9.17, 15) is 0 Å². The van der Waals surface area contributed by atoms with Crippen molar-refractivity contribution in [2.75, 3.05) is 9.80 Å². The van der Waals surface area contributed by atoms with Gasteiger partial charge in [0.05, 0.1) is 22.4 Å². The SMILES string of the molecule is CC(C)(C)c1ccc(N2c3cc(-c4c5ccccc5c(-c5cc(-c6ccccc6)cc(-c6ccccc6)c5)c5ccccc45)ccc3B3c4ccc(-n5c6ccccc6c6ccccc65)cc4N(c4ccc(C(C)(C)C)cc4-c4ccccc4)c4cc(C(C)(C)C)cc2c43)c(-c2ccccc2)c1. The van der Waals surface area contributed by atoms with Crippen LogP contribution >= 0.6 is 0 Å². The fraction of sp³-hybridized carbons (Fsp3) is 0.122. The second-order valence-electron chi connectivity index (χ2n) is 31.2. The normalized spacial score (nSPS) is 12.9. The molecule has 18 rings (SSSR count). The molecule has 15 aromatic carbocycles. The van der Waals surface area contributed by atoms with E-state index in [1.165, 1.54) is 149 Å². The zero-order valence-electron chi connectivity index (χ0n) is 59.5. The van der Waals surface area contributed by atoms with Crippen LogP contribution in [-0.2, 0) is 16.2 Å². The van der Waals surface area contributed by atoms with Crippen LogP contribution in [0.2, 0.25) is 0 Å². The maximum Gasteiger partial charge on any atom is 0.252 e. The van der Waals surface area contributed by atoms with Gasteiger partial charge in [-0.05, 0) is 211 Å². The summed E-state index contributed by atoms with van der Waals surface area (Å²) in [6.45, 7) is 21.0. The molecule has 1 aromatic heterocycles. The second-order valence-corrected chi connectivity index (χ2v) is 31.2. The maximum absolute atomic E-state index is 2.69. The van der Waals surface area contributed by atoms with Crippen molar-refractivity contribution in [2.24, 2.45) is 0 Å². The summed E-state index contributed by atoms with van der Waals surface area (Å²) < 4.78 is 2.49. The maximum atomic E-state index is 2.69. The van der Waals surface area contributed by atoms with Gasteiger partial charge in [0.25, 0.3) is 6.71 Å². The molecule has 0 radical (unpaired) electrons. The lowest BCUT2D eigenvalue weighted by molar-refractivity contribution is 0.590. The Hall–Kier alpha value is -11.7. The third kappa shape index (κ3) is 10.4. The van der Waals surface area contributed by atoms with Gasteiger partial charge in [-0.2, -0.15) is 0 Å². The highest BCUT2D eigenvalue weighted by Gasteiger charge is 2.46. The summed E-state index contributed by atoms with van der Waals surface area (Å²) in [5, 5.41) is 7.32. The van der Waals surface area contributed by atoms with E-state index in [2.05, 4.69) is 398 Å². The Kier molecular flexibility index (Phi) is 14.7. The zero-order valence-corrected chi connectivity index (χ0v) is 59.5. The van der Waals surface area contributed by atoms with Gasteiger partial charge >= 0.3 is 0 Å². The summed E-state index contributed by atoms with van der Waals surface area (Å²) in [5.74, 6) is 0. The Morgan fingerprint density at radius 1 is 0.235 bits per heavy atom. The number of fused-ring (bicyclic) bond motifs is 9. The van der Waals surface area contributed by atoms with E-state index in [4.69, 9.17) is 0 Å². The van der Waals surface area contributed by atoms with E-state index in [1.54, 1.807) is 0 Å². The number of aromatic nitrogens is 1. The van der Waals surface area contributed by atoms with Gasteiger partial charge in [0.2, 0.25) is 0 Å². The molecule has 16 aromatic rings. The number of rotatable bonds is 9. The molecule has 0 aliphatic carbocycles. The minimum Gasteiger partial charge on any atom is -0.311 e. The van der Waals surface area contributed by atoms with Crippen LogP contribution in [0, 0.1) is 0 Å². The third-order valence-corrected chi connectivity index (χ3v) is 21.8. The molecular weight excluding hydrogens is 1230 g/mol. The first-order valence-electron chi connectivity index (χ1n) is 36.2. The molecule has 0 amide bonds. The monoisotopic (exact) mass is 1310 g/mol. The van der Waals surface area contributed by atoms with Crippen molar-refractivity contribution in [3.8, 4) is 72.4 Å². The molecule has 0 N–H and O–H groups in total. The summed E-state index contributed by atoms with van der Waals surface area (Å²) in [4.78, 5) is 5.36. The number of para-hydroxylation sites is 2. The number of hydrogen-bond donors (Lipinski definition) is 0. The highest BCUT2D eigenvalue weighted by molar-refractivity contribution is 7.00. The summed E-state index contributed by atoms with van der Waals surface area (Å²) in [7, 11) is 0. The minimum atomic E-state index is -0.273. The van der Waals surface area contributed by atoms with Gasteiger partial charge in [0.15, 0.2) is 0 Å². The van der Waals surface area contributed by atoms with Gasteiger partial charge in [0, 0.05) is 50.3 Å². The van der Waals surface area contributed by atoms with Crippen LogP contribution in [0.1, 0.15) is 79.0 Å². The van der Waals surface area contributed by atoms with Crippen molar-refractivity contribution in [2.45, 2.75) is 78.6 Å². The number of nitrogens with zero attached hydrogens (tertiary/aromatic N) is 3. The molecule has 2 aliphatic rings. The molecule has 0 spiro atoms. The van der Waals surface area contributed by atoms with E-state index in [-0.39, 0.29) is 23.0 Å². The average Bonchev–Trinajstić information content (AvgIpc) is 0.707. The predicted molar refractivity (Wildman–Crippen MR) is 439 cm³/mol. The summed E-state index contributed by atoms with van der Waals surface area (Å²) in [5.41, 5.74) is 31.8. The summed E-state index contributed by atoms with van der Waals surface area (Å²) in [6, 6.07) is 122. The first kappa shape index (κ1) is 62.5. The van der Waals surface area contributed by atoms with Crippen molar-refractivity contribution in [1.29, 1.82) is 0 Å². The molecular formula is C98H80BN3. The largest absolute Gasteiger partial charge is 0.311 e. The van der Waals surface area contributed by atoms with Crippen LogP contribution in [0.25, 0.3) is 116 Å². The predicted octanol–water partition coefficient (Wildman–Crippen LogP) is 25.1. The van der Waals surface area contributed by atoms with Crippen molar-refractivity contribution >= 4 is 101 Å². The molecule has 102 heavy (non-hydrogen) atoms. The lowest BCUT2D eigenvalue weighted by atomic mass is 9.33. The molecule has 0 bridgehead atoms. The highest BCUT2D eigenvalue weighted by atomic mass is 15.2. The average molecular weight is 1310 g/mol. The Labute approximate surface area is 600 Å². The summed E-state index contributed by atoms with van der Waals surface area (Å²) >= 11 is 0. The first-order valence-corrected chi connectivity index (χ1v) is 36.2. The molecule has 0 atom stereocenters. The Balaban J connectivity index is 0.953. The van der Waals surface area contributed by atoms with Crippen molar-refractivity contribution < 1.29 is 0 Å². The van der Waals surface area contributed by atoms with Crippen LogP contribution in [0.4, 0.5) is 34.1 Å². The number of hydrogen-bond acceptors (Lipinski definition) is 2. The lowest BCUT2D eigenvalue weighted by Gasteiger charge is -2.46. The van der Waals surface area contributed by atoms with Crippen molar-refractivity contribution in [3.63, 3.8) is 0 Å². The molecule has 0 unspecified atom stereocenters. The van der Waals surface area contributed by atoms with Gasteiger partial charge in [-0.15, -0.1) is 0 Å². The molecule has 490 valence electrons. The smallest absolute Gasteiger partial charge is 0.252 e. The van der Waals surface area contributed by atoms with Crippen LogP contribution < -0.4 is 26.2 Å². The Morgan fingerprint density at radius 3 is 1.03 bits per heavy atom. The van der Waals surface area contributed by atoms with E-state index in [1.807, 2.05) is 0 Å². The van der Waals surface area contributed by atoms with Crippen LogP contribution in [0.5, 0.6) is 0 Å².